The maximum absolute atomic E-state index is 5.56. The van der Waals surface area contributed by atoms with Crippen LogP contribution in [0.15, 0.2) is 46.9 Å². The molecule has 2 aromatic carbocycles. The van der Waals surface area contributed by atoms with Crippen molar-refractivity contribution in [2.75, 3.05) is 6.61 Å². The molecule has 3 rings (SSSR count). The van der Waals surface area contributed by atoms with Gasteiger partial charge in [-0.25, -0.2) is 0 Å². The van der Waals surface area contributed by atoms with Crippen LogP contribution < -0.4 is 4.74 Å². The Hall–Kier alpha value is -1.72. The Balaban J connectivity index is 1.47. The minimum Gasteiger partial charge on any atom is -0.493 e. The van der Waals surface area contributed by atoms with Crippen LogP contribution in [0.2, 0.25) is 0 Å². The first-order chi connectivity index (χ1) is 14.7. The predicted molar refractivity (Wildman–Crippen MR) is 131 cm³/mol. The average Bonchev–Trinajstić information content (AvgIpc) is 2.78. The normalized spacial score (nSPS) is 18.5. The van der Waals surface area contributed by atoms with Crippen LogP contribution >= 0.6 is 15.9 Å². The quantitative estimate of drug-likeness (QED) is 0.356. The van der Waals surface area contributed by atoms with Gasteiger partial charge in [0.2, 0.25) is 0 Å². The van der Waals surface area contributed by atoms with Crippen LogP contribution in [0.3, 0.4) is 0 Å². The van der Waals surface area contributed by atoms with Crippen molar-refractivity contribution in [2.45, 2.75) is 71.6 Å². The monoisotopic (exact) mass is 466 g/mol. The number of rotatable bonds is 8. The van der Waals surface area contributed by atoms with Crippen LogP contribution in [-0.2, 0) is 6.42 Å². The largest absolute Gasteiger partial charge is 0.493 e. The SMILES string of the molecule is CCCCC1CCC(CCc2ccc(C#Cc3ccc(OCC)c(Br)c3)cc2)CC1. The third-order valence-electron chi connectivity index (χ3n) is 6.31. The molecule has 2 aromatic rings. The van der Waals surface area contributed by atoms with E-state index in [4.69, 9.17) is 4.74 Å². The van der Waals surface area contributed by atoms with Crippen LogP contribution in [0.1, 0.15) is 81.9 Å². The number of unbranched alkanes of at least 4 members (excludes halogenated alkanes) is 1. The van der Waals surface area contributed by atoms with Crippen molar-refractivity contribution < 1.29 is 4.74 Å². The summed E-state index contributed by atoms with van der Waals surface area (Å²) in [4.78, 5) is 0. The third kappa shape index (κ3) is 7.21. The molecule has 1 nitrogen and oxygen atoms in total. The molecule has 2 heteroatoms. The predicted octanol–water partition coefficient (Wildman–Crippen LogP) is 8.18. The summed E-state index contributed by atoms with van der Waals surface area (Å²) >= 11 is 3.56. The van der Waals surface area contributed by atoms with E-state index in [1.807, 2.05) is 25.1 Å². The number of hydrogen-bond acceptors (Lipinski definition) is 1. The van der Waals surface area contributed by atoms with Crippen molar-refractivity contribution >= 4 is 15.9 Å². The van der Waals surface area contributed by atoms with E-state index in [1.54, 1.807) is 0 Å². The second-order valence-electron chi connectivity index (χ2n) is 8.59. The van der Waals surface area contributed by atoms with E-state index in [2.05, 4.69) is 59.0 Å². The molecular weight excluding hydrogens is 432 g/mol. The first-order valence-electron chi connectivity index (χ1n) is 11.7. The van der Waals surface area contributed by atoms with Crippen molar-refractivity contribution in [3.05, 3.63) is 63.6 Å². The molecule has 0 heterocycles. The molecule has 0 radical (unpaired) electrons. The Morgan fingerprint density at radius 3 is 2.13 bits per heavy atom. The van der Waals surface area contributed by atoms with Crippen LogP contribution in [0.5, 0.6) is 5.75 Å². The zero-order valence-electron chi connectivity index (χ0n) is 18.6. The summed E-state index contributed by atoms with van der Waals surface area (Å²) in [7, 11) is 0. The van der Waals surface area contributed by atoms with Gasteiger partial charge in [-0.1, -0.05) is 75.8 Å². The Morgan fingerprint density at radius 2 is 1.50 bits per heavy atom. The summed E-state index contributed by atoms with van der Waals surface area (Å²) in [6, 6.07) is 14.8. The van der Waals surface area contributed by atoms with Gasteiger partial charge < -0.3 is 4.74 Å². The van der Waals surface area contributed by atoms with Gasteiger partial charge in [-0.3, -0.25) is 0 Å². The molecule has 0 atom stereocenters. The molecule has 0 N–H and O–H groups in total. The molecule has 160 valence electrons. The first-order valence-corrected chi connectivity index (χ1v) is 12.5. The van der Waals surface area contributed by atoms with E-state index in [-0.39, 0.29) is 0 Å². The van der Waals surface area contributed by atoms with Crippen molar-refractivity contribution in [1.82, 2.24) is 0 Å². The highest BCUT2D eigenvalue weighted by molar-refractivity contribution is 9.10. The molecule has 1 aliphatic carbocycles. The second kappa shape index (κ2) is 12.2. The smallest absolute Gasteiger partial charge is 0.133 e. The molecule has 1 saturated carbocycles. The fraction of sp³-hybridized carbons (Fsp3) is 0.500. The van der Waals surface area contributed by atoms with E-state index >= 15 is 0 Å². The lowest BCUT2D eigenvalue weighted by Gasteiger charge is -2.28. The molecule has 0 unspecified atom stereocenters. The van der Waals surface area contributed by atoms with Crippen LogP contribution in [-0.4, -0.2) is 6.61 Å². The molecule has 0 amide bonds. The second-order valence-corrected chi connectivity index (χ2v) is 9.45. The number of benzene rings is 2. The summed E-state index contributed by atoms with van der Waals surface area (Å²) in [5.41, 5.74) is 3.50. The van der Waals surface area contributed by atoms with Crippen molar-refractivity contribution in [3.8, 4) is 17.6 Å². The Morgan fingerprint density at radius 1 is 0.867 bits per heavy atom. The average molecular weight is 467 g/mol. The Bertz CT molecular complexity index is 835. The lowest BCUT2D eigenvalue weighted by atomic mass is 9.78. The van der Waals surface area contributed by atoms with Gasteiger partial charge >= 0.3 is 0 Å². The minimum atomic E-state index is 0.663. The van der Waals surface area contributed by atoms with E-state index in [0.717, 1.165) is 33.2 Å². The molecule has 1 aliphatic rings. The maximum atomic E-state index is 5.56. The fourth-order valence-corrected chi connectivity index (χ4v) is 4.92. The molecule has 30 heavy (non-hydrogen) atoms. The summed E-state index contributed by atoms with van der Waals surface area (Å²) < 4.78 is 6.51. The summed E-state index contributed by atoms with van der Waals surface area (Å²) in [5.74, 6) is 9.34. The van der Waals surface area contributed by atoms with E-state index in [1.165, 1.54) is 63.4 Å². The van der Waals surface area contributed by atoms with Gasteiger partial charge in [-0.15, -0.1) is 0 Å². The fourth-order valence-electron chi connectivity index (χ4n) is 4.42. The standard InChI is InChI=1S/C28H35BrO/c1-3-5-6-22-7-9-23(10-8-22)11-12-24-13-15-25(16-14-24)17-18-26-19-20-28(30-4-2)27(29)21-26/h13-16,19-23H,3-12H2,1-2H3. The zero-order valence-corrected chi connectivity index (χ0v) is 20.1. The van der Waals surface area contributed by atoms with Gasteiger partial charge in [0.1, 0.15) is 5.75 Å². The van der Waals surface area contributed by atoms with Gasteiger partial charge in [0.05, 0.1) is 11.1 Å². The molecule has 0 aliphatic heterocycles. The molecule has 0 saturated heterocycles. The van der Waals surface area contributed by atoms with Gasteiger partial charge in [0, 0.05) is 11.1 Å². The van der Waals surface area contributed by atoms with Crippen LogP contribution in [0.4, 0.5) is 0 Å². The van der Waals surface area contributed by atoms with Gasteiger partial charge in [0.15, 0.2) is 0 Å². The summed E-state index contributed by atoms with van der Waals surface area (Å²) in [6.07, 6.45) is 12.6. The van der Waals surface area contributed by atoms with Gasteiger partial charge in [-0.2, -0.15) is 0 Å². The highest BCUT2D eigenvalue weighted by Crippen LogP contribution is 2.34. The molecule has 0 bridgehead atoms. The number of ether oxygens (including phenoxy) is 1. The van der Waals surface area contributed by atoms with Crippen molar-refractivity contribution in [1.29, 1.82) is 0 Å². The van der Waals surface area contributed by atoms with E-state index in [0.29, 0.717) is 6.61 Å². The molecule has 0 aromatic heterocycles. The van der Waals surface area contributed by atoms with E-state index < -0.39 is 0 Å². The van der Waals surface area contributed by atoms with E-state index in [9.17, 15) is 0 Å². The third-order valence-corrected chi connectivity index (χ3v) is 6.93. The number of halogens is 1. The number of aryl methyl sites for hydroxylation is 1. The lowest BCUT2D eigenvalue weighted by Crippen LogP contribution is -2.15. The Labute approximate surface area is 191 Å². The summed E-state index contributed by atoms with van der Waals surface area (Å²) in [5, 5.41) is 0. The summed E-state index contributed by atoms with van der Waals surface area (Å²) in [6.45, 7) is 4.96. The van der Waals surface area contributed by atoms with Crippen molar-refractivity contribution in [2.24, 2.45) is 11.8 Å². The first kappa shape index (κ1) is 23.0. The lowest BCUT2D eigenvalue weighted by molar-refractivity contribution is 0.250. The molecular formula is C28H35BrO. The number of hydrogen-bond donors (Lipinski definition) is 0. The Kier molecular flexibility index (Phi) is 9.34. The molecule has 1 fully saturated rings. The van der Waals surface area contributed by atoms with Crippen LogP contribution in [0.25, 0.3) is 0 Å². The van der Waals surface area contributed by atoms with Crippen molar-refractivity contribution in [3.63, 3.8) is 0 Å². The maximum Gasteiger partial charge on any atom is 0.133 e. The minimum absolute atomic E-state index is 0.663. The van der Waals surface area contributed by atoms with Gasteiger partial charge in [-0.05, 0) is 83.4 Å². The molecule has 0 spiro atoms. The zero-order chi connectivity index (χ0) is 21.2. The highest BCUT2D eigenvalue weighted by atomic mass is 79.9. The topological polar surface area (TPSA) is 9.23 Å². The highest BCUT2D eigenvalue weighted by Gasteiger charge is 2.20. The van der Waals surface area contributed by atoms with Gasteiger partial charge in [0.25, 0.3) is 0 Å². The van der Waals surface area contributed by atoms with Crippen LogP contribution in [0, 0.1) is 23.7 Å².